The lowest BCUT2D eigenvalue weighted by atomic mass is 9.94. The van der Waals surface area contributed by atoms with Gasteiger partial charge in [-0.1, -0.05) is 176 Å². The van der Waals surface area contributed by atoms with Crippen molar-refractivity contribution in [1.29, 1.82) is 0 Å². The largest absolute Gasteiger partial charge is 0.456 e. The van der Waals surface area contributed by atoms with Crippen LogP contribution in [0.4, 0.5) is 0 Å². The number of ether oxygens (including phenoxy) is 1. The summed E-state index contributed by atoms with van der Waals surface area (Å²) in [5, 5.41) is 2.01. The van der Waals surface area contributed by atoms with Gasteiger partial charge in [-0.25, -0.2) is 15.0 Å². The van der Waals surface area contributed by atoms with Crippen LogP contribution in [0.15, 0.2) is 217 Å². The third-order valence-electron chi connectivity index (χ3n) is 12.0. The molecular weight excluding hydrogens is 783 g/mol. The molecule has 0 bridgehead atoms. The molecule has 0 unspecified atom stereocenters. The monoisotopic (exact) mass is 819 g/mol. The van der Waals surface area contributed by atoms with Crippen molar-refractivity contribution in [3.63, 3.8) is 0 Å². The number of para-hydroxylation sites is 2. The third kappa shape index (κ3) is 6.82. The number of furan rings is 1. The van der Waals surface area contributed by atoms with Crippen molar-refractivity contribution in [2.45, 2.75) is 0 Å². The number of nitrogens with zero attached hydrogens (tertiary/aromatic N) is 3. The minimum Gasteiger partial charge on any atom is -0.456 e. The quantitative estimate of drug-likeness (QED) is 0.173. The summed E-state index contributed by atoms with van der Waals surface area (Å²) in [4.78, 5) is 15.7. The van der Waals surface area contributed by atoms with Crippen LogP contribution in [0, 0.1) is 0 Å². The fourth-order valence-electron chi connectivity index (χ4n) is 8.79. The third-order valence-corrected chi connectivity index (χ3v) is 12.0. The van der Waals surface area contributed by atoms with Crippen molar-refractivity contribution >= 4 is 34.1 Å². The van der Waals surface area contributed by atoms with E-state index < -0.39 is 0 Å². The van der Waals surface area contributed by atoms with Crippen LogP contribution in [0.25, 0.3) is 113 Å². The Morgan fingerprint density at radius 3 is 1.55 bits per heavy atom. The van der Waals surface area contributed by atoms with Gasteiger partial charge in [-0.05, 0) is 93.0 Å². The summed E-state index contributed by atoms with van der Waals surface area (Å²) in [5.74, 6) is 3.20. The fraction of sp³-hybridized carbons (Fsp3) is 0. The molecular formula is C59H37N3O2. The molecule has 1 aliphatic rings. The molecule has 0 saturated heterocycles. The molecule has 0 saturated carbocycles. The number of benzene rings is 9. The van der Waals surface area contributed by atoms with E-state index in [1.807, 2.05) is 72.8 Å². The zero-order valence-corrected chi connectivity index (χ0v) is 34.5. The van der Waals surface area contributed by atoms with Gasteiger partial charge in [0.15, 0.2) is 17.5 Å². The number of fused-ring (bicyclic) bond motifs is 9. The Morgan fingerprint density at radius 2 is 0.828 bits per heavy atom. The molecule has 1 aliphatic heterocycles. The average Bonchev–Trinajstić information content (AvgIpc) is 3.73. The number of aromatic nitrogens is 3. The van der Waals surface area contributed by atoms with Crippen LogP contribution in [0.3, 0.4) is 0 Å². The van der Waals surface area contributed by atoms with Gasteiger partial charge < -0.3 is 9.15 Å². The van der Waals surface area contributed by atoms with Crippen molar-refractivity contribution in [3.8, 4) is 90.2 Å². The van der Waals surface area contributed by atoms with E-state index >= 15 is 0 Å². The maximum absolute atomic E-state index is 7.10. The van der Waals surface area contributed by atoms with Gasteiger partial charge in [0, 0.05) is 38.6 Å². The minimum absolute atomic E-state index is 0.555. The standard InChI is InChI=1S/C59H37N3O2/c1-4-16-38(17-5-1)44-32-45(39-18-6-2-7-19-39)34-46(33-44)59-61-57(42-21-8-3-9-22-42)60-58(62-59)43-31-30-41-29-28-40-20-10-11-23-47(40)48-24-12-14-26-53(48)63-56-36-51-49-25-13-15-27-54(49)64-55(51)37-52(56)50(41)35-43/h1-37H/b29-28-. The van der Waals surface area contributed by atoms with E-state index in [2.05, 4.69) is 152 Å². The summed E-state index contributed by atoms with van der Waals surface area (Å²) in [5.41, 5.74) is 14.6. The van der Waals surface area contributed by atoms with Crippen LogP contribution in [0.5, 0.6) is 11.5 Å². The van der Waals surface area contributed by atoms with Crippen LogP contribution in [-0.4, -0.2) is 15.0 Å². The Kier molecular flexibility index (Phi) is 9.08. The highest BCUT2D eigenvalue weighted by molar-refractivity contribution is 6.07. The first-order valence-electron chi connectivity index (χ1n) is 21.4. The van der Waals surface area contributed by atoms with Gasteiger partial charge in [0.25, 0.3) is 0 Å². The smallest absolute Gasteiger partial charge is 0.164 e. The predicted molar refractivity (Wildman–Crippen MR) is 261 cm³/mol. The van der Waals surface area contributed by atoms with Gasteiger partial charge in [0.1, 0.15) is 22.7 Å². The molecule has 9 aromatic carbocycles. The molecule has 0 atom stereocenters. The summed E-state index contributed by atoms with van der Waals surface area (Å²) in [6, 6.07) is 73.1. The molecule has 3 heterocycles. The first-order chi connectivity index (χ1) is 31.7. The molecule has 2 aromatic heterocycles. The minimum atomic E-state index is 0.555. The molecule has 11 aromatic rings. The lowest BCUT2D eigenvalue weighted by Crippen LogP contribution is -2.01. The lowest BCUT2D eigenvalue weighted by molar-refractivity contribution is 0.487. The highest BCUT2D eigenvalue weighted by atomic mass is 16.5. The SMILES string of the molecule is C1=C\c2ccc(-c3nc(-c4ccccc4)nc(-c4cc(-c5ccccc5)cc(-c5ccccc5)c4)n3)cc2-c2cc3oc4ccccc4c3cc2Oc2ccccc2-c2ccccc2/1. The lowest BCUT2D eigenvalue weighted by Gasteiger charge is -2.17. The van der Waals surface area contributed by atoms with Crippen LogP contribution in [-0.2, 0) is 0 Å². The second-order valence-corrected chi connectivity index (χ2v) is 16.0. The highest BCUT2D eigenvalue weighted by Crippen LogP contribution is 2.46. The molecule has 5 heteroatoms. The van der Waals surface area contributed by atoms with Crippen molar-refractivity contribution in [3.05, 3.63) is 223 Å². The highest BCUT2D eigenvalue weighted by Gasteiger charge is 2.22. The van der Waals surface area contributed by atoms with Crippen molar-refractivity contribution in [2.24, 2.45) is 0 Å². The van der Waals surface area contributed by atoms with E-state index in [0.717, 1.165) is 100 Å². The van der Waals surface area contributed by atoms with Gasteiger partial charge in [-0.15, -0.1) is 0 Å². The van der Waals surface area contributed by atoms with Crippen molar-refractivity contribution in [1.82, 2.24) is 15.0 Å². The first kappa shape index (κ1) is 37.1. The zero-order valence-electron chi connectivity index (χ0n) is 34.5. The van der Waals surface area contributed by atoms with Gasteiger partial charge in [0.2, 0.25) is 0 Å². The van der Waals surface area contributed by atoms with Crippen LogP contribution >= 0.6 is 0 Å². The number of hydrogen-bond acceptors (Lipinski definition) is 5. The molecule has 5 nitrogen and oxygen atoms in total. The van der Waals surface area contributed by atoms with Crippen molar-refractivity contribution < 1.29 is 9.15 Å². The van der Waals surface area contributed by atoms with Crippen LogP contribution < -0.4 is 4.74 Å². The fourth-order valence-corrected chi connectivity index (χ4v) is 8.79. The maximum atomic E-state index is 7.10. The Labute approximate surface area is 370 Å². The Hall–Kier alpha value is -8.67. The molecule has 0 radical (unpaired) electrons. The van der Waals surface area contributed by atoms with E-state index in [0.29, 0.717) is 23.2 Å². The molecule has 64 heavy (non-hydrogen) atoms. The van der Waals surface area contributed by atoms with E-state index in [1.54, 1.807) is 0 Å². The number of rotatable bonds is 5. The second kappa shape index (κ2) is 15.7. The van der Waals surface area contributed by atoms with E-state index in [1.165, 1.54) is 0 Å². The van der Waals surface area contributed by atoms with Gasteiger partial charge in [-0.2, -0.15) is 0 Å². The summed E-state index contributed by atoms with van der Waals surface area (Å²) in [6.45, 7) is 0. The Balaban J connectivity index is 1.09. The number of hydrogen-bond donors (Lipinski definition) is 0. The van der Waals surface area contributed by atoms with Crippen molar-refractivity contribution in [2.75, 3.05) is 0 Å². The van der Waals surface area contributed by atoms with Crippen LogP contribution in [0.2, 0.25) is 0 Å². The molecule has 0 spiro atoms. The van der Waals surface area contributed by atoms with Gasteiger partial charge >= 0.3 is 0 Å². The van der Waals surface area contributed by atoms with E-state index in [-0.39, 0.29) is 0 Å². The predicted octanol–water partition coefficient (Wildman–Crippen LogP) is 15.7. The van der Waals surface area contributed by atoms with Gasteiger partial charge in [-0.3, -0.25) is 0 Å². The normalized spacial score (nSPS) is 12.3. The first-order valence-corrected chi connectivity index (χ1v) is 21.4. The molecule has 12 rings (SSSR count). The molecule has 0 aliphatic carbocycles. The molecule has 300 valence electrons. The Bertz CT molecular complexity index is 3520. The summed E-state index contributed by atoms with van der Waals surface area (Å²) < 4.78 is 13.6. The zero-order chi connectivity index (χ0) is 42.4. The summed E-state index contributed by atoms with van der Waals surface area (Å²) >= 11 is 0. The second-order valence-electron chi connectivity index (χ2n) is 16.0. The molecule has 0 amide bonds. The molecule has 0 fully saturated rings. The molecule has 0 N–H and O–H groups in total. The summed E-state index contributed by atoms with van der Waals surface area (Å²) in [7, 11) is 0. The summed E-state index contributed by atoms with van der Waals surface area (Å²) in [6.07, 6.45) is 4.38. The van der Waals surface area contributed by atoms with E-state index in [4.69, 9.17) is 24.1 Å². The Morgan fingerprint density at radius 1 is 0.281 bits per heavy atom. The van der Waals surface area contributed by atoms with Gasteiger partial charge in [0.05, 0.1) is 0 Å². The van der Waals surface area contributed by atoms with E-state index in [9.17, 15) is 0 Å². The topological polar surface area (TPSA) is 61.0 Å². The average molecular weight is 820 g/mol. The van der Waals surface area contributed by atoms with Crippen LogP contribution in [0.1, 0.15) is 11.1 Å². The maximum Gasteiger partial charge on any atom is 0.164 e.